The highest BCUT2D eigenvalue weighted by molar-refractivity contribution is 7.89. The smallest absolute Gasteiger partial charge is 0.243 e. The molecule has 2 heterocycles. The van der Waals surface area contributed by atoms with Crippen molar-refractivity contribution in [2.75, 3.05) is 39.3 Å². The van der Waals surface area contributed by atoms with E-state index >= 15 is 0 Å². The number of carbonyl (C=O) groups excluding carboxylic acids is 1. The quantitative estimate of drug-likeness (QED) is 0.634. The summed E-state index contributed by atoms with van der Waals surface area (Å²) in [6.45, 7) is 3.34. The maximum Gasteiger partial charge on any atom is 0.243 e. The number of carbonyl (C=O) groups is 1. The third-order valence-corrected chi connectivity index (χ3v) is 8.10. The molecule has 1 amide bonds. The number of halogens is 3. The summed E-state index contributed by atoms with van der Waals surface area (Å²) in [7, 11) is -3.77. The lowest BCUT2D eigenvalue weighted by atomic mass is 9.97. The summed E-state index contributed by atoms with van der Waals surface area (Å²) < 4.78 is 54.3. The van der Waals surface area contributed by atoms with E-state index in [9.17, 15) is 22.0 Å². The Labute approximate surface area is 199 Å². The van der Waals surface area contributed by atoms with E-state index in [-0.39, 0.29) is 35.6 Å². The first-order chi connectivity index (χ1) is 15.3. The second kappa shape index (κ2) is 10.9. The van der Waals surface area contributed by atoms with Crippen LogP contribution in [0.25, 0.3) is 0 Å². The Bertz CT molecular complexity index is 1060. The summed E-state index contributed by atoms with van der Waals surface area (Å²) in [6, 6.07) is 11.5. The molecule has 33 heavy (non-hydrogen) atoms. The van der Waals surface area contributed by atoms with Gasteiger partial charge in [0.1, 0.15) is 11.6 Å². The fourth-order valence-corrected chi connectivity index (χ4v) is 5.89. The van der Waals surface area contributed by atoms with Gasteiger partial charge in [0, 0.05) is 51.4 Å². The van der Waals surface area contributed by atoms with Crippen LogP contribution < -0.4 is 0 Å². The standard InChI is InChI=1S/C23H27F2N3O3S.ClH/c24-20-7-9-21(10-8-20)32(30,31)28-11-3-5-19(17-28)23(29)27-14-12-26(13-15-27)16-18-4-1-2-6-22(18)25;/h1-2,4,6-10,19H,3,5,11-17H2;1H. The molecule has 10 heteroatoms. The number of piperidine rings is 1. The van der Waals surface area contributed by atoms with Crippen LogP contribution >= 0.6 is 12.4 Å². The molecule has 6 nitrogen and oxygen atoms in total. The molecule has 0 aromatic heterocycles. The molecule has 2 saturated heterocycles. The van der Waals surface area contributed by atoms with Crippen molar-refractivity contribution < 1.29 is 22.0 Å². The number of hydrogen-bond donors (Lipinski definition) is 0. The van der Waals surface area contributed by atoms with Crippen LogP contribution in [0.3, 0.4) is 0 Å². The second-order valence-electron chi connectivity index (χ2n) is 8.35. The summed E-state index contributed by atoms with van der Waals surface area (Å²) >= 11 is 0. The van der Waals surface area contributed by atoms with Crippen molar-refractivity contribution >= 4 is 28.3 Å². The monoisotopic (exact) mass is 499 g/mol. The molecule has 0 spiro atoms. The predicted octanol–water partition coefficient (Wildman–Crippen LogP) is 3.13. The van der Waals surface area contributed by atoms with E-state index in [1.807, 2.05) is 6.07 Å². The van der Waals surface area contributed by atoms with E-state index < -0.39 is 21.8 Å². The summed E-state index contributed by atoms with van der Waals surface area (Å²) in [5.74, 6) is -1.15. The largest absolute Gasteiger partial charge is 0.340 e. The average molecular weight is 500 g/mol. The van der Waals surface area contributed by atoms with Crippen LogP contribution in [0.1, 0.15) is 18.4 Å². The molecule has 0 bridgehead atoms. The van der Waals surface area contributed by atoms with Crippen LogP contribution in [-0.2, 0) is 21.4 Å². The zero-order valence-corrected chi connectivity index (χ0v) is 19.8. The number of benzene rings is 2. The van der Waals surface area contributed by atoms with Crippen molar-refractivity contribution in [3.05, 3.63) is 65.7 Å². The Hall–Kier alpha value is -2.07. The molecule has 2 aromatic carbocycles. The Balaban J connectivity index is 0.00000306. The van der Waals surface area contributed by atoms with E-state index in [1.54, 1.807) is 17.0 Å². The Kier molecular flexibility index (Phi) is 8.44. The molecular weight excluding hydrogens is 472 g/mol. The van der Waals surface area contributed by atoms with Gasteiger partial charge in [-0.3, -0.25) is 9.69 Å². The van der Waals surface area contributed by atoms with Crippen molar-refractivity contribution in [2.24, 2.45) is 5.92 Å². The number of hydrogen-bond acceptors (Lipinski definition) is 4. The normalized spacial score (nSPS) is 20.3. The lowest BCUT2D eigenvalue weighted by molar-refractivity contribution is -0.138. The van der Waals surface area contributed by atoms with Gasteiger partial charge in [-0.2, -0.15) is 4.31 Å². The number of piperazine rings is 1. The van der Waals surface area contributed by atoms with E-state index in [2.05, 4.69) is 4.90 Å². The molecule has 0 radical (unpaired) electrons. The SMILES string of the molecule is Cl.O=C(C1CCCN(S(=O)(=O)c2ccc(F)cc2)C1)N1CCN(Cc2ccccc2F)CC1. The fraction of sp³-hybridized carbons (Fsp3) is 0.435. The number of sulfonamides is 1. The van der Waals surface area contributed by atoms with Gasteiger partial charge in [-0.25, -0.2) is 17.2 Å². The highest BCUT2D eigenvalue weighted by atomic mass is 35.5. The van der Waals surface area contributed by atoms with Crippen molar-refractivity contribution in [1.29, 1.82) is 0 Å². The third-order valence-electron chi connectivity index (χ3n) is 6.22. The Morgan fingerprint density at radius 1 is 0.939 bits per heavy atom. The van der Waals surface area contributed by atoms with Crippen LogP contribution in [0, 0.1) is 17.6 Å². The van der Waals surface area contributed by atoms with Crippen molar-refractivity contribution in [3.8, 4) is 0 Å². The van der Waals surface area contributed by atoms with Crippen molar-refractivity contribution in [3.63, 3.8) is 0 Å². The topological polar surface area (TPSA) is 60.9 Å². The molecular formula is C23H28ClF2N3O3S. The molecule has 180 valence electrons. The minimum Gasteiger partial charge on any atom is -0.340 e. The number of nitrogens with zero attached hydrogens (tertiary/aromatic N) is 3. The van der Waals surface area contributed by atoms with Gasteiger partial charge in [-0.15, -0.1) is 12.4 Å². The minimum absolute atomic E-state index is 0. The van der Waals surface area contributed by atoms with Gasteiger partial charge in [0.2, 0.25) is 15.9 Å². The summed E-state index contributed by atoms with van der Waals surface area (Å²) in [4.78, 5) is 17.0. The van der Waals surface area contributed by atoms with E-state index in [0.717, 1.165) is 12.1 Å². The zero-order chi connectivity index (χ0) is 22.7. The van der Waals surface area contributed by atoms with Crippen LogP contribution in [-0.4, -0.2) is 67.7 Å². The van der Waals surface area contributed by atoms with Gasteiger partial charge in [0.25, 0.3) is 0 Å². The van der Waals surface area contributed by atoms with E-state index in [1.165, 1.54) is 22.5 Å². The summed E-state index contributed by atoms with van der Waals surface area (Å²) in [5, 5.41) is 0. The molecule has 4 rings (SSSR count). The number of amides is 1. The summed E-state index contributed by atoms with van der Waals surface area (Å²) in [5.41, 5.74) is 0.640. The third kappa shape index (κ3) is 5.90. The van der Waals surface area contributed by atoms with Gasteiger partial charge in [-0.05, 0) is 43.2 Å². The molecule has 2 aromatic rings. The van der Waals surface area contributed by atoms with Crippen LogP contribution in [0.2, 0.25) is 0 Å². The molecule has 2 aliphatic heterocycles. The van der Waals surface area contributed by atoms with Crippen molar-refractivity contribution in [2.45, 2.75) is 24.3 Å². The molecule has 0 aliphatic carbocycles. The highest BCUT2D eigenvalue weighted by Crippen LogP contribution is 2.26. The molecule has 0 N–H and O–H groups in total. The van der Waals surface area contributed by atoms with E-state index in [0.29, 0.717) is 57.7 Å². The van der Waals surface area contributed by atoms with Crippen LogP contribution in [0.5, 0.6) is 0 Å². The predicted molar refractivity (Wildman–Crippen MR) is 123 cm³/mol. The average Bonchev–Trinajstić information content (AvgIpc) is 2.81. The van der Waals surface area contributed by atoms with Gasteiger partial charge in [-0.1, -0.05) is 18.2 Å². The van der Waals surface area contributed by atoms with E-state index in [4.69, 9.17) is 0 Å². The summed E-state index contributed by atoms with van der Waals surface area (Å²) in [6.07, 6.45) is 1.24. The lowest BCUT2D eigenvalue weighted by Crippen LogP contribution is -2.52. The first-order valence-corrected chi connectivity index (χ1v) is 12.3. The highest BCUT2D eigenvalue weighted by Gasteiger charge is 2.35. The van der Waals surface area contributed by atoms with Crippen LogP contribution in [0.4, 0.5) is 8.78 Å². The zero-order valence-electron chi connectivity index (χ0n) is 18.2. The minimum atomic E-state index is -3.77. The molecule has 1 atom stereocenters. The Morgan fingerprint density at radius 2 is 1.61 bits per heavy atom. The molecule has 2 fully saturated rings. The molecule has 1 unspecified atom stereocenters. The second-order valence-corrected chi connectivity index (χ2v) is 10.3. The first kappa shape index (κ1) is 25.6. The van der Waals surface area contributed by atoms with Crippen LogP contribution in [0.15, 0.2) is 53.4 Å². The van der Waals surface area contributed by atoms with Gasteiger partial charge < -0.3 is 4.90 Å². The number of rotatable bonds is 5. The van der Waals surface area contributed by atoms with Gasteiger partial charge in [0.05, 0.1) is 10.8 Å². The lowest BCUT2D eigenvalue weighted by Gasteiger charge is -2.38. The first-order valence-electron chi connectivity index (χ1n) is 10.8. The fourth-order valence-electron chi connectivity index (χ4n) is 4.37. The van der Waals surface area contributed by atoms with Crippen molar-refractivity contribution in [1.82, 2.24) is 14.1 Å². The molecule has 0 saturated carbocycles. The Morgan fingerprint density at radius 3 is 2.27 bits per heavy atom. The van der Waals surface area contributed by atoms with Gasteiger partial charge >= 0.3 is 0 Å². The maximum atomic E-state index is 13.9. The maximum absolute atomic E-state index is 13.9. The molecule has 2 aliphatic rings. The van der Waals surface area contributed by atoms with Gasteiger partial charge in [0.15, 0.2) is 0 Å².